The minimum atomic E-state index is 0.538. The highest BCUT2D eigenvalue weighted by atomic mass is 127. The zero-order chi connectivity index (χ0) is 8.81. The third-order valence-electron chi connectivity index (χ3n) is 1.50. The first kappa shape index (κ1) is 9.35. The number of halogens is 1. The summed E-state index contributed by atoms with van der Waals surface area (Å²) in [7, 11) is 0. The molecule has 1 aromatic rings. The highest BCUT2D eigenvalue weighted by Gasteiger charge is 1.95. The van der Waals surface area contributed by atoms with Gasteiger partial charge < -0.3 is 0 Å². The average molecular weight is 273 g/mol. The number of azide groups is 1. The summed E-state index contributed by atoms with van der Waals surface area (Å²) < 4.78 is 1.23. The number of hydrogen-bond donors (Lipinski definition) is 0. The van der Waals surface area contributed by atoms with Crippen molar-refractivity contribution in [3.8, 4) is 0 Å². The molecule has 0 aromatic heterocycles. The molecular formula is C8H8IN3. The summed E-state index contributed by atoms with van der Waals surface area (Å²) in [5.41, 5.74) is 9.31. The van der Waals surface area contributed by atoms with Crippen LogP contribution in [-0.4, -0.2) is 6.54 Å². The quantitative estimate of drug-likeness (QED) is 0.351. The molecule has 0 aliphatic carbocycles. The van der Waals surface area contributed by atoms with Gasteiger partial charge in [0.25, 0.3) is 0 Å². The minimum absolute atomic E-state index is 0.538. The van der Waals surface area contributed by atoms with Crippen LogP contribution in [0.4, 0.5) is 0 Å². The summed E-state index contributed by atoms with van der Waals surface area (Å²) in [5.74, 6) is 0. The van der Waals surface area contributed by atoms with E-state index in [1.54, 1.807) is 0 Å². The second-order valence-electron chi connectivity index (χ2n) is 2.30. The molecule has 1 aromatic carbocycles. The van der Waals surface area contributed by atoms with E-state index in [2.05, 4.69) is 38.7 Å². The zero-order valence-corrected chi connectivity index (χ0v) is 8.60. The minimum Gasteiger partial charge on any atom is -0.0936 e. The van der Waals surface area contributed by atoms with Gasteiger partial charge in [-0.25, -0.2) is 0 Å². The fourth-order valence-corrected chi connectivity index (χ4v) is 1.57. The van der Waals surface area contributed by atoms with Gasteiger partial charge in [0.2, 0.25) is 0 Å². The Bertz CT molecular complexity index is 305. The molecule has 0 heterocycles. The maximum atomic E-state index is 8.07. The van der Waals surface area contributed by atoms with Crippen LogP contribution in [0.5, 0.6) is 0 Å². The fourth-order valence-electron chi connectivity index (χ4n) is 0.916. The van der Waals surface area contributed by atoms with E-state index in [1.807, 2.05) is 18.2 Å². The Hall–Kier alpha value is -0.740. The van der Waals surface area contributed by atoms with Crippen LogP contribution >= 0.6 is 22.6 Å². The van der Waals surface area contributed by atoms with Gasteiger partial charge in [0, 0.05) is 15.0 Å². The third-order valence-corrected chi connectivity index (χ3v) is 2.55. The van der Waals surface area contributed by atoms with E-state index in [-0.39, 0.29) is 0 Å². The van der Waals surface area contributed by atoms with Crippen molar-refractivity contribution in [2.45, 2.75) is 6.42 Å². The molecule has 3 nitrogen and oxygen atoms in total. The number of hydrogen-bond acceptors (Lipinski definition) is 1. The molecule has 4 heteroatoms. The number of benzene rings is 1. The smallest absolute Gasteiger partial charge is 0.0298 e. The van der Waals surface area contributed by atoms with Crippen molar-refractivity contribution in [2.24, 2.45) is 5.11 Å². The third kappa shape index (κ3) is 2.71. The van der Waals surface area contributed by atoms with Crippen molar-refractivity contribution in [1.29, 1.82) is 0 Å². The summed E-state index contributed by atoms with van der Waals surface area (Å²) in [6.45, 7) is 0.538. The van der Waals surface area contributed by atoms with Crippen LogP contribution in [0.1, 0.15) is 5.56 Å². The molecule has 0 radical (unpaired) electrons. The van der Waals surface area contributed by atoms with Crippen LogP contribution in [0.25, 0.3) is 10.4 Å². The van der Waals surface area contributed by atoms with E-state index >= 15 is 0 Å². The normalized spacial score (nSPS) is 9.08. The Morgan fingerprint density at radius 2 is 2.17 bits per heavy atom. The molecule has 0 N–H and O–H groups in total. The summed E-state index contributed by atoms with van der Waals surface area (Å²) in [5, 5.41) is 3.49. The molecule has 12 heavy (non-hydrogen) atoms. The Kier molecular flexibility index (Phi) is 3.90. The molecule has 0 aliphatic rings. The van der Waals surface area contributed by atoms with E-state index in [0.717, 1.165) is 6.42 Å². The SMILES string of the molecule is [N-]=[N+]=NCCc1ccccc1I. The highest BCUT2D eigenvalue weighted by Crippen LogP contribution is 2.11. The van der Waals surface area contributed by atoms with E-state index in [4.69, 9.17) is 5.53 Å². The molecule has 0 atom stereocenters. The fraction of sp³-hybridized carbons (Fsp3) is 0.250. The van der Waals surface area contributed by atoms with Crippen LogP contribution in [0.2, 0.25) is 0 Å². The lowest BCUT2D eigenvalue weighted by Crippen LogP contribution is -1.90. The molecule has 0 spiro atoms. The molecule has 0 saturated heterocycles. The molecule has 1 rings (SSSR count). The Labute approximate surface area is 84.6 Å². The monoisotopic (exact) mass is 273 g/mol. The van der Waals surface area contributed by atoms with Crippen molar-refractivity contribution in [2.75, 3.05) is 6.54 Å². The van der Waals surface area contributed by atoms with Crippen LogP contribution < -0.4 is 0 Å². The lowest BCUT2D eigenvalue weighted by molar-refractivity contribution is 0.951. The molecule has 0 unspecified atom stereocenters. The van der Waals surface area contributed by atoms with Crippen LogP contribution in [0.15, 0.2) is 29.4 Å². The predicted molar refractivity (Wildman–Crippen MR) is 56.9 cm³/mol. The Morgan fingerprint density at radius 1 is 1.42 bits per heavy atom. The van der Waals surface area contributed by atoms with E-state index in [1.165, 1.54) is 9.13 Å². The first-order chi connectivity index (χ1) is 5.84. The summed E-state index contributed by atoms with van der Waals surface area (Å²) in [6.07, 6.45) is 0.823. The molecule has 0 bridgehead atoms. The van der Waals surface area contributed by atoms with Gasteiger partial charge in [-0.05, 0) is 46.2 Å². The van der Waals surface area contributed by atoms with Crippen molar-refractivity contribution >= 4 is 22.6 Å². The van der Waals surface area contributed by atoms with Gasteiger partial charge in [-0.2, -0.15) is 0 Å². The second-order valence-corrected chi connectivity index (χ2v) is 3.46. The number of rotatable bonds is 3. The van der Waals surface area contributed by atoms with Gasteiger partial charge in [0.05, 0.1) is 0 Å². The number of nitrogens with zero attached hydrogens (tertiary/aromatic N) is 3. The molecular weight excluding hydrogens is 265 g/mol. The first-order valence-electron chi connectivity index (χ1n) is 3.59. The van der Waals surface area contributed by atoms with E-state index < -0.39 is 0 Å². The lowest BCUT2D eigenvalue weighted by atomic mass is 10.2. The van der Waals surface area contributed by atoms with Crippen molar-refractivity contribution in [3.05, 3.63) is 43.8 Å². The maximum absolute atomic E-state index is 8.07. The van der Waals surface area contributed by atoms with E-state index in [0.29, 0.717) is 6.54 Å². The maximum Gasteiger partial charge on any atom is 0.0298 e. The van der Waals surface area contributed by atoms with Gasteiger partial charge in [0.1, 0.15) is 0 Å². The van der Waals surface area contributed by atoms with Crippen LogP contribution in [0.3, 0.4) is 0 Å². The van der Waals surface area contributed by atoms with Gasteiger partial charge in [-0.1, -0.05) is 23.3 Å². The Morgan fingerprint density at radius 3 is 2.83 bits per heavy atom. The molecule has 0 aliphatic heterocycles. The molecule has 0 saturated carbocycles. The largest absolute Gasteiger partial charge is 0.0936 e. The molecule has 0 amide bonds. The van der Waals surface area contributed by atoms with Crippen LogP contribution in [0, 0.1) is 3.57 Å². The standard InChI is InChI=1S/C8H8IN3/c9-8-4-2-1-3-7(8)5-6-11-12-10/h1-4H,5-6H2. The van der Waals surface area contributed by atoms with Gasteiger partial charge in [-0.3, -0.25) is 0 Å². The summed E-state index contributed by atoms with van der Waals surface area (Å²) in [6, 6.07) is 8.09. The lowest BCUT2D eigenvalue weighted by Gasteiger charge is -1.99. The zero-order valence-electron chi connectivity index (χ0n) is 6.44. The van der Waals surface area contributed by atoms with Crippen molar-refractivity contribution in [3.63, 3.8) is 0 Å². The Balaban J connectivity index is 2.62. The van der Waals surface area contributed by atoms with Crippen molar-refractivity contribution < 1.29 is 0 Å². The molecule has 0 fully saturated rings. The van der Waals surface area contributed by atoms with Gasteiger partial charge >= 0.3 is 0 Å². The highest BCUT2D eigenvalue weighted by molar-refractivity contribution is 14.1. The first-order valence-corrected chi connectivity index (χ1v) is 4.66. The summed E-state index contributed by atoms with van der Waals surface area (Å²) >= 11 is 2.28. The van der Waals surface area contributed by atoms with Gasteiger partial charge in [-0.15, -0.1) is 0 Å². The van der Waals surface area contributed by atoms with Crippen molar-refractivity contribution in [1.82, 2.24) is 0 Å². The predicted octanol–water partition coefficient (Wildman–Crippen LogP) is 3.14. The van der Waals surface area contributed by atoms with Gasteiger partial charge in [0.15, 0.2) is 0 Å². The average Bonchev–Trinajstić information content (AvgIpc) is 2.09. The topological polar surface area (TPSA) is 48.8 Å². The second kappa shape index (κ2) is 5.00. The van der Waals surface area contributed by atoms with E-state index in [9.17, 15) is 0 Å². The van der Waals surface area contributed by atoms with Crippen LogP contribution in [-0.2, 0) is 6.42 Å². The summed E-state index contributed by atoms with van der Waals surface area (Å²) in [4.78, 5) is 2.70. The molecule has 62 valence electrons.